The first-order valence-electron chi connectivity index (χ1n) is 6.35. The van der Waals surface area contributed by atoms with Gasteiger partial charge in [0.25, 0.3) is 5.91 Å². The molecule has 1 N–H and O–H groups in total. The number of benzene rings is 1. The molecule has 0 aliphatic rings. The molecule has 1 aromatic rings. The van der Waals surface area contributed by atoms with Crippen LogP contribution in [0, 0.1) is 0 Å². The van der Waals surface area contributed by atoms with E-state index in [9.17, 15) is 4.79 Å². The van der Waals surface area contributed by atoms with E-state index in [1.807, 2.05) is 30.3 Å². The summed E-state index contributed by atoms with van der Waals surface area (Å²) in [7, 11) is 0. The zero-order valence-corrected chi connectivity index (χ0v) is 11.1. The number of para-hydroxylation sites is 1. The largest absolute Gasteiger partial charge is 0.321 e. The van der Waals surface area contributed by atoms with Gasteiger partial charge in [0.15, 0.2) is 6.54 Å². The first-order chi connectivity index (χ1) is 8.15. The summed E-state index contributed by atoms with van der Waals surface area (Å²) >= 11 is 0. The number of nitrogens with zero attached hydrogens (tertiary/aromatic N) is 1. The normalized spacial score (nSPS) is 11.2. The molecule has 0 aromatic heterocycles. The van der Waals surface area contributed by atoms with Gasteiger partial charge in [-0.2, -0.15) is 0 Å². The Morgan fingerprint density at radius 1 is 1.06 bits per heavy atom. The molecule has 0 heterocycles. The summed E-state index contributed by atoms with van der Waals surface area (Å²) in [5, 5.41) is 2.95. The molecule has 94 valence electrons. The van der Waals surface area contributed by atoms with Crippen molar-refractivity contribution in [2.75, 3.05) is 31.5 Å². The van der Waals surface area contributed by atoms with Crippen LogP contribution in [-0.2, 0) is 4.79 Å². The summed E-state index contributed by atoms with van der Waals surface area (Å²) in [5.41, 5.74) is 0.874. The van der Waals surface area contributed by atoms with Gasteiger partial charge in [-0.3, -0.25) is 4.79 Å². The van der Waals surface area contributed by atoms with E-state index >= 15 is 0 Å². The minimum absolute atomic E-state index is 0.0988. The highest BCUT2D eigenvalue weighted by atomic mass is 16.2. The number of anilines is 1. The first-order valence-corrected chi connectivity index (χ1v) is 6.35. The van der Waals surface area contributed by atoms with Gasteiger partial charge in [0, 0.05) is 5.69 Å². The van der Waals surface area contributed by atoms with Crippen LogP contribution in [0.5, 0.6) is 0 Å². The van der Waals surface area contributed by atoms with Crippen LogP contribution < -0.4 is 5.32 Å². The van der Waals surface area contributed by atoms with Gasteiger partial charge in [0.05, 0.1) is 19.6 Å². The number of likely N-dealkylation sites (N-methyl/N-ethyl adjacent to an activating group) is 1. The lowest BCUT2D eigenvalue weighted by molar-refractivity contribution is -0.915. The predicted octanol–water partition coefficient (Wildman–Crippen LogP) is 2.50. The number of hydrogen-bond donors (Lipinski definition) is 1. The molecule has 0 fully saturated rings. The van der Waals surface area contributed by atoms with Crippen LogP contribution in [-0.4, -0.2) is 36.6 Å². The van der Waals surface area contributed by atoms with Crippen molar-refractivity contribution in [3.63, 3.8) is 0 Å². The Balaban J connectivity index is 2.60. The Hall–Kier alpha value is -1.35. The zero-order chi connectivity index (χ0) is 12.7. The van der Waals surface area contributed by atoms with Crippen molar-refractivity contribution in [3.05, 3.63) is 30.3 Å². The molecule has 0 aliphatic heterocycles. The van der Waals surface area contributed by atoms with E-state index in [0.717, 1.165) is 29.8 Å². The van der Waals surface area contributed by atoms with Crippen LogP contribution in [0.2, 0.25) is 0 Å². The fourth-order valence-electron chi connectivity index (χ4n) is 2.03. The molecule has 0 aliphatic carbocycles. The molecule has 17 heavy (non-hydrogen) atoms. The van der Waals surface area contributed by atoms with Crippen LogP contribution in [0.4, 0.5) is 5.69 Å². The van der Waals surface area contributed by atoms with E-state index in [-0.39, 0.29) is 5.91 Å². The van der Waals surface area contributed by atoms with E-state index in [1.54, 1.807) is 0 Å². The summed E-state index contributed by atoms with van der Waals surface area (Å²) in [6.45, 7) is 9.96. The second kappa shape index (κ2) is 6.40. The van der Waals surface area contributed by atoms with Crippen LogP contribution >= 0.6 is 0 Å². The smallest absolute Gasteiger partial charge is 0.279 e. The Labute approximate surface area is 104 Å². The molecular weight excluding hydrogens is 212 g/mol. The standard InChI is InChI=1S/C14H22N2O/c1-4-16(5-2,6-3)12-14(17)15-13-10-8-7-9-11-13/h7-11H,4-6,12H2,1-3H3/p+1. The molecule has 1 aromatic carbocycles. The third kappa shape index (κ3) is 3.86. The number of nitrogens with one attached hydrogen (secondary N) is 1. The first kappa shape index (κ1) is 13.7. The lowest BCUT2D eigenvalue weighted by atomic mass is 10.3. The van der Waals surface area contributed by atoms with Gasteiger partial charge >= 0.3 is 0 Å². The molecule has 3 heteroatoms. The van der Waals surface area contributed by atoms with Crippen molar-refractivity contribution < 1.29 is 9.28 Å². The topological polar surface area (TPSA) is 29.1 Å². The van der Waals surface area contributed by atoms with Crippen LogP contribution in [0.25, 0.3) is 0 Å². The molecule has 0 saturated heterocycles. The highest BCUT2D eigenvalue weighted by molar-refractivity contribution is 5.91. The number of quaternary nitrogens is 1. The van der Waals surface area contributed by atoms with Crippen LogP contribution in [0.1, 0.15) is 20.8 Å². The summed E-state index contributed by atoms with van der Waals surface area (Å²) < 4.78 is 0.846. The highest BCUT2D eigenvalue weighted by Crippen LogP contribution is 2.09. The van der Waals surface area contributed by atoms with Gasteiger partial charge < -0.3 is 9.80 Å². The third-order valence-corrected chi connectivity index (χ3v) is 3.55. The minimum Gasteiger partial charge on any atom is -0.321 e. The quantitative estimate of drug-likeness (QED) is 0.754. The molecule has 0 radical (unpaired) electrons. The minimum atomic E-state index is 0.0988. The average molecular weight is 235 g/mol. The second-order valence-corrected chi connectivity index (χ2v) is 4.36. The van der Waals surface area contributed by atoms with Crippen LogP contribution in [0.15, 0.2) is 30.3 Å². The maximum Gasteiger partial charge on any atom is 0.279 e. The zero-order valence-electron chi connectivity index (χ0n) is 11.1. The van der Waals surface area contributed by atoms with Gasteiger partial charge in [-0.1, -0.05) is 18.2 Å². The van der Waals surface area contributed by atoms with E-state index in [1.165, 1.54) is 0 Å². The molecular formula is C14H23N2O+. The average Bonchev–Trinajstić information content (AvgIpc) is 2.37. The van der Waals surface area contributed by atoms with E-state index in [0.29, 0.717) is 6.54 Å². The summed E-state index contributed by atoms with van der Waals surface area (Å²) in [5.74, 6) is 0.0988. The fraction of sp³-hybridized carbons (Fsp3) is 0.500. The lowest BCUT2D eigenvalue weighted by Crippen LogP contribution is -2.51. The van der Waals surface area contributed by atoms with Gasteiger partial charge in [-0.25, -0.2) is 0 Å². The molecule has 0 bridgehead atoms. The van der Waals surface area contributed by atoms with Crippen molar-refractivity contribution >= 4 is 11.6 Å². The Morgan fingerprint density at radius 3 is 2.06 bits per heavy atom. The van der Waals surface area contributed by atoms with E-state index in [4.69, 9.17) is 0 Å². The van der Waals surface area contributed by atoms with Crippen molar-refractivity contribution in [1.82, 2.24) is 0 Å². The number of amides is 1. The number of carbonyl (C=O) groups excluding carboxylic acids is 1. The van der Waals surface area contributed by atoms with Gasteiger partial charge in [-0.15, -0.1) is 0 Å². The molecule has 1 rings (SSSR count). The molecule has 3 nitrogen and oxygen atoms in total. The molecule has 0 spiro atoms. The highest BCUT2D eigenvalue weighted by Gasteiger charge is 2.24. The second-order valence-electron chi connectivity index (χ2n) is 4.36. The monoisotopic (exact) mass is 235 g/mol. The van der Waals surface area contributed by atoms with Crippen molar-refractivity contribution in [3.8, 4) is 0 Å². The van der Waals surface area contributed by atoms with Crippen molar-refractivity contribution in [2.24, 2.45) is 0 Å². The molecule has 0 atom stereocenters. The Bertz CT molecular complexity index is 336. The van der Waals surface area contributed by atoms with Gasteiger partial charge in [0.2, 0.25) is 0 Å². The van der Waals surface area contributed by atoms with E-state index < -0.39 is 0 Å². The van der Waals surface area contributed by atoms with Crippen molar-refractivity contribution in [2.45, 2.75) is 20.8 Å². The third-order valence-electron chi connectivity index (χ3n) is 3.55. The van der Waals surface area contributed by atoms with Gasteiger partial charge in [0.1, 0.15) is 0 Å². The number of hydrogen-bond acceptors (Lipinski definition) is 1. The Morgan fingerprint density at radius 2 is 1.59 bits per heavy atom. The van der Waals surface area contributed by atoms with Crippen molar-refractivity contribution in [1.29, 1.82) is 0 Å². The fourth-order valence-corrected chi connectivity index (χ4v) is 2.03. The predicted molar refractivity (Wildman–Crippen MR) is 71.8 cm³/mol. The number of rotatable bonds is 6. The lowest BCUT2D eigenvalue weighted by Gasteiger charge is -2.34. The summed E-state index contributed by atoms with van der Waals surface area (Å²) in [6.07, 6.45) is 0. The number of carbonyl (C=O) groups is 1. The molecule has 0 saturated carbocycles. The maximum absolute atomic E-state index is 12.0. The molecule has 1 amide bonds. The maximum atomic E-state index is 12.0. The van der Waals surface area contributed by atoms with E-state index in [2.05, 4.69) is 26.1 Å². The van der Waals surface area contributed by atoms with Gasteiger partial charge in [-0.05, 0) is 32.9 Å². The Kier molecular flexibility index (Phi) is 5.16. The summed E-state index contributed by atoms with van der Waals surface area (Å²) in [6, 6.07) is 9.63. The van der Waals surface area contributed by atoms with Crippen LogP contribution in [0.3, 0.4) is 0 Å². The molecule has 0 unspecified atom stereocenters. The summed E-state index contributed by atoms with van der Waals surface area (Å²) in [4.78, 5) is 12.0. The SMILES string of the molecule is CC[N+](CC)(CC)CC(=O)Nc1ccccc1.